The second kappa shape index (κ2) is 5.22. The second-order valence-electron chi connectivity index (χ2n) is 4.41. The monoisotopic (exact) mass is 290 g/mol. The van der Waals surface area contributed by atoms with Gasteiger partial charge in [-0.1, -0.05) is 12.1 Å². The van der Waals surface area contributed by atoms with Crippen LogP contribution in [0.15, 0.2) is 18.2 Å². The molecular weight excluding hydrogens is 277 g/mol. The van der Waals surface area contributed by atoms with Crippen LogP contribution in [0.5, 0.6) is 11.5 Å². The highest BCUT2D eigenvalue weighted by atomic mass is 19.4. The van der Waals surface area contributed by atoms with E-state index in [2.05, 4.69) is 0 Å². The van der Waals surface area contributed by atoms with Crippen LogP contribution in [-0.2, 0) is 11.2 Å². The van der Waals surface area contributed by atoms with Crippen LogP contribution in [0.3, 0.4) is 0 Å². The van der Waals surface area contributed by atoms with Crippen LogP contribution in [0, 0.1) is 5.92 Å². The number of carboxylic acid groups (broad SMARTS) is 1. The highest BCUT2D eigenvalue weighted by Gasteiger charge is 2.52. The topological polar surface area (TPSA) is 55.8 Å². The normalized spacial score (nSPS) is 21.8. The Balaban J connectivity index is 2.43. The van der Waals surface area contributed by atoms with E-state index in [4.69, 9.17) is 14.6 Å². The summed E-state index contributed by atoms with van der Waals surface area (Å²) < 4.78 is 48.9. The van der Waals surface area contributed by atoms with Gasteiger partial charge in [0.15, 0.2) is 11.5 Å². The summed E-state index contributed by atoms with van der Waals surface area (Å²) in [6.07, 6.45) is -7.36. The molecule has 1 aromatic rings. The van der Waals surface area contributed by atoms with Gasteiger partial charge in [-0.25, -0.2) is 0 Å². The largest absolute Gasteiger partial charge is 0.490 e. The second-order valence-corrected chi connectivity index (χ2v) is 4.41. The molecule has 7 heteroatoms. The summed E-state index contributed by atoms with van der Waals surface area (Å²) >= 11 is 0. The van der Waals surface area contributed by atoms with Crippen molar-refractivity contribution in [3.8, 4) is 11.5 Å². The minimum Gasteiger partial charge on any atom is -0.490 e. The zero-order chi connectivity index (χ0) is 14.9. The number of alkyl halides is 3. The van der Waals surface area contributed by atoms with Crippen molar-refractivity contribution in [2.24, 2.45) is 5.92 Å². The quantitative estimate of drug-likeness (QED) is 0.929. The third kappa shape index (κ3) is 2.66. The minimum atomic E-state index is -4.75. The highest BCUT2D eigenvalue weighted by molar-refractivity contribution is 5.72. The van der Waals surface area contributed by atoms with Crippen molar-refractivity contribution in [1.82, 2.24) is 0 Å². The number of halogens is 3. The summed E-state index contributed by atoms with van der Waals surface area (Å²) in [6.45, 7) is 1.97. The van der Waals surface area contributed by atoms with E-state index in [1.165, 1.54) is 6.07 Å². The predicted octanol–water partition coefficient (Wildman–Crippen LogP) is 2.65. The van der Waals surface area contributed by atoms with Crippen molar-refractivity contribution >= 4 is 5.97 Å². The number of aliphatic carboxylic acids is 1. The van der Waals surface area contributed by atoms with Gasteiger partial charge in [-0.3, -0.25) is 4.79 Å². The number of carbonyl (C=O) groups is 1. The molecule has 0 bridgehead atoms. The van der Waals surface area contributed by atoms with Gasteiger partial charge in [0.1, 0.15) is 5.92 Å². The summed E-state index contributed by atoms with van der Waals surface area (Å²) in [5, 5.41) is 8.96. The van der Waals surface area contributed by atoms with Crippen LogP contribution >= 0.6 is 0 Å². The van der Waals surface area contributed by atoms with Gasteiger partial charge in [-0.15, -0.1) is 0 Å². The minimum absolute atomic E-state index is 0.0193. The molecule has 110 valence electrons. The van der Waals surface area contributed by atoms with Crippen molar-refractivity contribution in [3.05, 3.63) is 23.8 Å². The lowest BCUT2D eigenvalue weighted by Gasteiger charge is -2.33. The Morgan fingerprint density at radius 1 is 1.50 bits per heavy atom. The van der Waals surface area contributed by atoms with E-state index in [0.717, 1.165) is 0 Å². The summed E-state index contributed by atoms with van der Waals surface area (Å²) in [5.41, 5.74) is 0.406. The average Bonchev–Trinajstić information content (AvgIpc) is 2.37. The van der Waals surface area contributed by atoms with Crippen molar-refractivity contribution in [3.63, 3.8) is 0 Å². The van der Waals surface area contributed by atoms with Gasteiger partial charge in [0.05, 0.1) is 6.61 Å². The van der Waals surface area contributed by atoms with E-state index in [0.29, 0.717) is 5.56 Å². The maximum absolute atomic E-state index is 12.9. The fraction of sp³-hybridized carbons (Fsp3) is 0.462. The Morgan fingerprint density at radius 2 is 2.20 bits per heavy atom. The van der Waals surface area contributed by atoms with Crippen LogP contribution in [0.25, 0.3) is 0 Å². The molecule has 2 atom stereocenters. The van der Waals surface area contributed by atoms with E-state index in [9.17, 15) is 18.0 Å². The maximum Gasteiger partial charge on any atom is 0.426 e. The van der Waals surface area contributed by atoms with E-state index in [-0.39, 0.29) is 24.5 Å². The molecular formula is C13H13F3O4. The number of fused-ring (bicyclic) bond motifs is 1. The first-order chi connectivity index (χ1) is 9.34. The van der Waals surface area contributed by atoms with Crippen molar-refractivity contribution in [2.45, 2.75) is 25.6 Å². The standard InChI is InChI=1S/C13H13F3O4/c1-2-19-9-5-3-4-7-6-8(12(17)18)11(13(14,15)16)20-10(7)9/h3-5,8,11H,2,6H2,1H3,(H,17,18)/t8-,11-/m0/s1. The van der Waals surface area contributed by atoms with E-state index >= 15 is 0 Å². The predicted molar refractivity (Wildman–Crippen MR) is 62.9 cm³/mol. The van der Waals surface area contributed by atoms with Crippen LogP contribution < -0.4 is 9.47 Å². The molecule has 0 aliphatic carbocycles. The van der Waals surface area contributed by atoms with Crippen molar-refractivity contribution < 1.29 is 32.5 Å². The first-order valence-electron chi connectivity index (χ1n) is 6.05. The van der Waals surface area contributed by atoms with Gasteiger partial charge in [0.25, 0.3) is 0 Å². The van der Waals surface area contributed by atoms with Gasteiger partial charge < -0.3 is 14.6 Å². The lowest BCUT2D eigenvalue weighted by molar-refractivity contribution is -0.217. The molecule has 0 saturated carbocycles. The molecule has 4 nitrogen and oxygen atoms in total. The Morgan fingerprint density at radius 3 is 2.75 bits per heavy atom. The average molecular weight is 290 g/mol. The van der Waals surface area contributed by atoms with Crippen molar-refractivity contribution in [2.75, 3.05) is 6.61 Å². The smallest absolute Gasteiger partial charge is 0.426 e. The van der Waals surface area contributed by atoms with Gasteiger partial charge in [-0.05, 0) is 25.0 Å². The molecule has 1 N–H and O–H groups in total. The summed E-state index contributed by atoms with van der Waals surface area (Å²) in [6, 6.07) is 4.64. The lowest BCUT2D eigenvalue weighted by Crippen LogP contribution is -2.47. The molecule has 1 aromatic carbocycles. The van der Waals surface area contributed by atoms with Gasteiger partial charge in [0, 0.05) is 0 Å². The molecule has 0 fully saturated rings. The Bertz CT molecular complexity index is 513. The van der Waals surface area contributed by atoms with Gasteiger partial charge in [0.2, 0.25) is 6.10 Å². The van der Waals surface area contributed by atoms with E-state index in [1.54, 1.807) is 19.1 Å². The number of hydrogen-bond donors (Lipinski definition) is 1. The number of hydrogen-bond acceptors (Lipinski definition) is 3. The van der Waals surface area contributed by atoms with Gasteiger partial charge >= 0.3 is 12.1 Å². The maximum atomic E-state index is 12.9. The number of para-hydroxylation sites is 1. The fourth-order valence-corrected chi connectivity index (χ4v) is 2.19. The van der Waals surface area contributed by atoms with E-state index < -0.39 is 24.2 Å². The Kier molecular flexibility index (Phi) is 3.78. The molecule has 1 aliphatic rings. The zero-order valence-corrected chi connectivity index (χ0v) is 10.6. The van der Waals surface area contributed by atoms with E-state index in [1.807, 2.05) is 0 Å². The summed E-state index contributed by atoms with van der Waals surface area (Å²) in [7, 11) is 0. The molecule has 20 heavy (non-hydrogen) atoms. The molecule has 0 radical (unpaired) electrons. The molecule has 2 rings (SSSR count). The first kappa shape index (κ1) is 14.5. The van der Waals surface area contributed by atoms with Crippen LogP contribution in [0.2, 0.25) is 0 Å². The Labute approximate surface area is 113 Å². The summed E-state index contributed by atoms with van der Waals surface area (Å²) in [5.74, 6) is -3.00. The SMILES string of the molecule is CCOc1cccc2c1O[C@H](C(F)(F)F)[C@@H](C(=O)O)C2. The first-order valence-corrected chi connectivity index (χ1v) is 6.05. The zero-order valence-electron chi connectivity index (χ0n) is 10.6. The van der Waals surface area contributed by atoms with Crippen LogP contribution in [0.4, 0.5) is 13.2 Å². The Hall–Kier alpha value is -1.92. The molecule has 1 aliphatic heterocycles. The number of benzene rings is 1. The number of ether oxygens (including phenoxy) is 2. The molecule has 0 unspecified atom stereocenters. The fourth-order valence-electron chi connectivity index (χ4n) is 2.19. The third-order valence-electron chi connectivity index (χ3n) is 3.05. The molecule has 1 heterocycles. The van der Waals surface area contributed by atoms with Gasteiger partial charge in [-0.2, -0.15) is 13.2 Å². The molecule has 0 aromatic heterocycles. The molecule has 0 amide bonds. The molecule has 0 saturated heterocycles. The van der Waals surface area contributed by atoms with Crippen molar-refractivity contribution in [1.29, 1.82) is 0 Å². The third-order valence-corrected chi connectivity index (χ3v) is 3.05. The number of rotatable bonds is 3. The summed E-state index contributed by atoms with van der Waals surface area (Å²) in [4.78, 5) is 11.0. The number of carboxylic acids is 1. The molecule has 0 spiro atoms. The van der Waals surface area contributed by atoms with Crippen LogP contribution in [-0.4, -0.2) is 30.0 Å². The lowest BCUT2D eigenvalue weighted by atomic mass is 9.90. The highest BCUT2D eigenvalue weighted by Crippen LogP contribution is 2.43. The van der Waals surface area contributed by atoms with Crippen LogP contribution in [0.1, 0.15) is 12.5 Å².